The van der Waals surface area contributed by atoms with E-state index >= 15 is 0 Å². The maximum Gasteiger partial charge on any atom is 0.227 e. The molecule has 1 amide bonds. The van der Waals surface area contributed by atoms with Crippen LogP contribution >= 0.6 is 0 Å². The van der Waals surface area contributed by atoms with Crippen LogP contribution in [0.2, 0.25) is 0 Å². The maximum absolute atomic E-state index is 11.8. The Morgan fingerprint density at radius 1 is 1.00 bits per heavy atom. The Labute approximate surface area is 117 Å². The molecule has 8 nitrogen and oxygen atoms in total. The smallest absolute Gasteiger partial charge is 0.227 e. The standard InChI is InChI=1S/C12H25NO7/c1-6(7(2)15)12(20)13(3)4-8(16)10(18)11(19)9(17)5-14/h6-11,14-19H,4-5H2,1-3H3. The highest BCUT2D eigenvalue weighted by atomic mass is 16.4. The molecule has 0 radical (unpaired) electrons. The van der Waals surface area contributed by atoms with E-state index in [0.29, 0.717) is 0 Å². The van der Waals surface area contributed by atoms with Crippen molar-refractivity contribution >= 4 is 5.91 Å². The zero-order chi connectivity index (χ0) is 16.0. The van der Waals surface area contributed by atoms with Gasteiger partial charge in [0.15, 0.2) is 0 Å². The summed E-state index contributed by atoms with van der Waals surface area (Å²) in [6, 6.07) is 0. The first kappa shape index (κ1) is 19.2. The number of carbonyl (C=O) groups excluding carboxylic acids is 1. The van der Waals surface area contributed by atoms with E-state index in [1.807, 2.05) is 0 Å². The van der Waals surface area contributed by atoms with Gasteiger partial charge in [-0.05, 0) is 6.92 Å². The van der Waals surface area contributed by atoms with Gasteiger partial charge in [0.2, 0.25) is 5.91 Å². The quantitative estimate of drug-likeness (QED) is 0.278. The highest BCUT2D eigenvalue weighted by Crippen LogP contribution is 2.10. The van der Waals surface area contributed by atoms with Crippen molar-refractivity contribution in [1.82, 2.24) is 4.90 Å². The van der Waals surface area contributed by atoms with Crippen LogP contribution in [-0.2, 0) is 4.79 Å². The Kier molecular flexibility index (Phi) is 8.17. The molecule has 0 aliphatic heterocycles. The summed E-state index contributed by atoms with van der Waals surface area (Å²) in [5.74, 6) is -1.10. The van der Waals surface area contributed by atoms with Gasteiger partial charge < -0.3 is 35.5 Å². The van der Waals surface area contributed by atoms with Crippen LogP contribution in [0.4, 0.5) is 0 Å². The van der Waals surface area contributed by atoms with Crippen molar-refractivity contribution in [3.8, 4) is 0 Å². The van der Waals surface area contributed by atoms with E-state index in [1.165, 1.54) is 20.9 Å². The Hall–Kier alpha value is -0.770. The van der Waals surface area contributed by atoms with Gasteiger partial charge in [0, 0.05) is 13.6 Å². The van der Waals surface area contributed by atoms with E-state index in [4.69, 9.17) is 10.2 Å². The third-order valence-corrected chi connectivity index (χ3v) is 3.28. The molecule has 0 aromatic carbocycles. The Balaban J connectivity index is 4.52. The molecule has 6 unspecified atom stereocenters. The lowest BCUT2D eigenvalue weighted by Gasteiger charge is -2.30. The Morgan fingerprint density at radius 2 is 1.45 bits per heavy atom. The van der Waals surface area contributed by atoms with Gasteiger partial charge in [-0.25, -0.2) is 0 Å². The minimum absolute atomic E-state index is 0.285. The van der Waals surface area contributed by atoms with Crippen LogP contribution in [0.3, 0.4) is 0 Å². The van der Waals surface area contributed by atoms with E-state index in [-0.39, 0.29) is 6.54 Å². The molecule has 120 valence electrons. The summed E-state index contributed by atoms with van der Waals surface area (Å²) in [5.41, 5.74) is 0. The lowest BCUT2D eigenvalue weighted by atomic mass is 10.0. The topological polar surface area (TPSA) is 142 Å². The molecule has 0 aromatic rings. The summed E-state index contributed by atoms with van der Waals surface area (Å²) in [6.45, 7) is 1.94. The molecular weight excluding hydrogens is 270 g/mol. The van der Waals surface area contributed by atoms with Crippen molar-refractivity contribution in [2.75, 3.05) is 20.2 Å². The monoisotopic (exact) mass is 295 g/mol. The van der Waals surface area contributed by atoms with Gasteiger partial charge in [0.1, 0.15) is 24.4 Å². The van der Waals surface area contributed by atoms with Crippen molar-refractivity contribution < 1.29 is 35.4 Å². The van der Waals surface area contributed by atoms with Crippen molar-refractivity contribution in [1.29, 1.82) is 0 Å². The van der Waals surface area contributed by atoms with E-state index in [0.717, 1.165) is 4.90 Å². The summed E-state index contributed by atoms with van der Waals surface area (Å²) in [6.07, 6.45) is -7.38. The summed E-state index contributed by atoms with van der Waals surface area (Å²) in [7, 11) is 1.38. The summed E-state index contributed by atoms with van der Waals surface area (Å²) < 4.78 is 0. The first-order valence-corrected chi connectivity index (χ1v) is 6.39. The molecule has 0 aliphatic rings. The van der Waals surface area contributed by atoms with Crippen molar-refractivity contribution in [3.05, 3.63) is 0 Å². The zero-order valence-corrected chi connectivity index (χ0v) is 11.9. The van der Waals surface area contributed by atoms with Crippen LogP contribution in [-0.4, -0.2) is 92.2 Å². The number of carbonyl (C=O) groups is 1. The molecule has 0 bridgehead atoms. The summed E-state index contributed by atoms with van der Waals surface area (Å²) >= 11 is 0. The fourth-order valence-corrected chi connectivity index (χ4v) is 1.60. The molecule has 6 atom stereocenters. The maximum atomic E-state index is 11.8. The largest absolute Gasteiger partial charge is 0.394 e. The van der Waals surface area contributed by atoms with Crippen molar-refractivity contribution in [2.24, 2.45) is 5.92 Å². The average Bonchev–Trinajstić information content (AvgIpc) is 2.42. The van der Waals surface area contributed by atoms with Crippen LogP contribution in [0.5, 0.6) is 0 Å². The van der Waals surface area contributed by atoms with Crippen LogP contribution in [0.25, 0.3) is 0 Å². The molecule has 0 rings (SSSR count). The normalized spacial score (nSPS) is 20.6. The van der Waals surface area contributed by atoms with Gasteiger partial charge in [-0.1, -0.05) is 6.92 Å². The summed E-state index contributed by atoms with van der Waals surface area (Å²) in [4.78, 5) is 12.9. The Bertz CT molecular complexity index is 300. The third-order valence-electron chi connectivity index (χ3n) is 3.28. The number of aliphatic hydroxyl groups excluding tert-OH is 6. The second-order valence-corrected chi connectivity index (χ2v) is 5.05. The number of amides is 1. The molecule has 8 heteroatoms. The predicted octanol–water partition coefficient (Wildman–Crippen LogP) is -3.10. The molecule has 0 fully saturated rings. The molecule has 6 N–H and O–H groups in total. The fraction of sp³-hybridized carbons (Fsp3) is 0.917. The molecule has 0 saturated carbocycles. The number of hydrogen-bond donors (Lipinski definition) is 6. The van der Waals surface area contributed by atoms with Crippen molar-refractivity contribution in [3.63, 3.8) is 0 Å². The second kappa shape index (κ2) is 8.50. The van der Waals surface area contributed by atoms with Gasteiger partial charge in [0.05, 0.1) is 18.6 Å². The molecule has 0 spiro atoms. The summed E-state index contributed by atoms with van der Waals surface area (Å²) in [5, 5.41) is 55.9. The van der Waals surface area contributed by atoms with Gasteiger partial charge >= 0.3 is 0 Å². The average molecular weight is 295 g/mol. The number of aliphatic hydroxyl groups is 6. The van der Waals surface area contributed by atoms with Crippen LogP contribution < -0.4 is 0 Å². The lowest BCUT2D eigenvalue weighted by molar-refractivity contribution is -0.143. The predicted molar refractivity (Wildman–Crippen MR) is 69.6 cm³/mol. The Morgan fingerprint density at radius 3 is 1.85 bits per heavy atom. The molecular formula is C12H25NO7. The highest BCUT2D eigenvalue weighted by molar-refractivity contribution is 5.78. The number of likely N-dealkylation sites (N-methyl/N-ethyl adjacent to an activating group) is 1. The SMILES string of the molecule is CC(O)C(C)C(=O)N(C)CC(O)C(O)C(O)C(O)CO. The van der Waals surface area contributed by atoms with Crippen LogP contribution in [0.15, 0.2) is 0 Å². The number of rotatable bonds is 8. The third kappa shape index (κ3) is 5.31. The molecule has 0 saturated heterocycles. The van der Waals surface area contributed by atoms with E-state index in [9.17, 15) is 25.2 Å². The molecule has 0 aromatic heterocycles. The van der Waals surface area contributed by atoms with E-state index in [1.54, 1.807) is 0 Å². The van der Waals surface area contributed by atoms with E-state index in [2.05, 4.69) is 0 Å². The van der Waals surface area contributed by atoms with Crippen LogP contribution in [0, 0.1) is 5.92 Å². The number of nitrogens with zero attached hydrogens (tertiary/aromatic N) is 1. The minimum Gasteiger partial charge on any atom is -0.394 e. The lowest BCUT2D eigenvalue weighted by Crippen LogP contribution is -2.50. The molecule has 0 heterocycles. The fourth-order valence-electron chi connectivity index (χ4n) is 1.60. The zero-order valence-electron chi connectivity index (χ0n) is 11.9. The van der Waals surface area contributed by atoms with Crippen LogP contribution in [0.1, 0.15) is 13.8 Å². The highest BCUT2D eigenvalue weighted by Gasteiger charge is 2.32. The molecule has 20 heavy (non-hydrogen) atoms. The second-order valence-electron chi connectivity index (χ2n) is 5.05. The van der Waals surface area contributed by atoms with E-state index < -0.39 is 49.0 Å². The van der Waals surface area contributed by atoms with Gasteiger partial charge in [-0.3, -0.25) is 4.79 Å². The van der Waals surface area contributed by atoms with Gasteiger partial charge in [0.25, 0.3) is 0 Å². The number of hydrogen-bond acceptors (Lipinski definition) is 7. The van der Waals surface area contributed by atoms with Crippen molar-refractivity contribution in [2.45, 2.75) is 44.4 Å². The van der Waals surface area contributed by atoms with Gasteiger partial charge in [-0.15, -0.1) is 0 Å². The van der Waals surface area contributed by atoms with Gasteiger partial charge in [-0.2, -0.15) is 0 Å². The first-order valence-electron chi connectivity index (χ1n) is 6.39. The minimum atomic E-state index is -1.73. The first-order chi connectivity index (χ1) is 9.13. The molecule has 0 aliphatic carbocycles.